The third kappa shape index (κ3) is 2.51. The molecule has 0 bridgehead atoms. The van der Waals surface area contributed by atoms with Crippen LogP contribution in [0.2, 0.25) is 5.82 Å². The summed E-state index contributed by atoms with van der Waals surface area (Å²) in [7, 11) is 5.93. The lowest BCUT2D eigenvalue weighted by Crippen LogP contribution is -2.22. The molecule has 2 saturated carbocycles. The monoisotopic (exact) mass is 176 g/mol. The number of hydrogen-bond donors (Lipinski definition) is 0. The van der Waals surface area contributed by atoms with Crippen LogP contribution in [0.4, 0.5) is 0 Å². The maximum Gasteiger partial charge on any atom is -0.0386 e. The summed E-state index contributed by atoms with van der Waals surface area (Å²) < 4.78 is 0. The topological polar surface area (TPSA) is 0 Å². The van der Waals surface area contributed by atoms with Gasteiger partial charge in [0, 0.05) is 0 Å². The molecule has 2 rings (SSSR count). The van der Waals surface area contributed by atoms with E-state index in [9.17, 15) is 0 Å². The molecule has 1 heteroatoms. The predicted molar refractivity (Wildman–Crippen MR) is 58.0 cm³/mol. The molecule has 0 aromatic heterocycles. The molecule has 0 aromatic carbocycles. The van der Waals surface area contributed by atoms with Crippen molar-refractivity contribution in [3.8, 4) is 0 Å². The molecule has 2 aliphatic rings. The molecule has 0 heterocycles. The molecule has 2 fully saturated rings. The SMILES string of the molecule is [B-]C1CCC(C2CCCCC2)CC1. The Morgan fingerprint density at radius 3 is 1.77 bits per heavy atom. The van der Waals surface area contributed by atoms with E-state index in [-0.39, 0.29) is 0 Å². The van der Waals surface area contributed by atoms with E-state index in [4.69, 9.17) is 7.85 Å². The van der Waals surface area contributed by atoms with Gasteiger partial charge in [0.05, 0.1) is 0 Å². The maximum atomic E-state index is 5.93. The molecule has 73 valence electrons. The molecule has 0 saturated heterocycles. The van der Waals surface area contributed by atoms with Crippen LogP contribution < -0.4 is 0 Å². The van der Waals surface area contributed by atoms with Gasteiger partial charge in [0.25, 0.3) is 0 Å². The Bertz CT molecular complexity index is 141. The lowest BCUT2D eigenvalue weighted by molar-refractivity contribution is 0.196. The lowest BCUT2D eigenvalue weighted by atomic mass is 9.66. The summed E-state index contributed by atoms with van der Waals surface area (Å²) in [5.41, 5.74) is 0. The van der Waals surface area contributed by atoms with Crippen LogP contribution in [0.25, 0.3) is 0 Å². The van der Waals surface area contributed by atoms with E-state index in [1.54, 1.807) is 0 Å². The van der Waals surface area contributed by atoms with Gasteiger partial charge in [-0.1, -0.05) is 57.8 Å². The first-order valence-electron chi connectivity index (χ1n) is 6.12. The first-order valence-corrected chi connectivity index (χ1v) is 6.12. The summed E-state index contributed by atoms with van der Waals surface area (Å²) in [6, 6.07) is 0. The third-order valence-corrected chi connectivity index (χ3v) is 4.13. The predicted octanol–water partition coefficient (Wildman–Crippen LogP) is 3.71. The molecule has 0 aromatic rings. The normalized spacial score (nSPS) is 37.6. The Morgan fingerprint density at radius 2 is 1.15 bits per heavy atom. The van der Waals surface area contributed by atoms with Gasteiger partial charge in [0.1, 0.15) is 0 Å². The highest BCUT2D eigenvalue weighted by atomic mass is 14.3. The van der Waals surface area contributed by atoms with Gasteiger partial charge in [-0.25, -0.2) is 0 Å². The number of hydrogen-bond acceptors (Lipinski definition) is 0. The van der Waals surface area contributed by atoms with E-state index < -0.39 is 0 Å². The van der Waals surface area contributed by atoms with Crippen LogP contribution in [0, 0.1) is 11.8 Å². The summed E-state index contributed by atoms with van der Waals surface area (Å²) in [4.78, 5) is 0. The minimum absolute atomic E-state index is 0.528. The zero-order chi connectivity index (χ0) is 9.10. The fourth-order valence-corrected chi connectivity index (χ4v) is 3.22. The zero-order valence-electron chi connectivity index (χ0n) is 8.67. The van der Waals surface area contributed by atoms with Gasteiger partial charge in [0.2, 0.25) is 0 Å². The van der Waals surface area contributed by atoms with Gasteiger partial charge < -0.3 is 7.85 Å². The van der Waals surface area contributed by atoms with Crippen molar-refractivity contribution in [3.05, 3.63) is 0 Å². The van der Waals surface area contributed by atoms with Gasteiger partial charge in [-0.15, -0.1) is 0 Å². The van der Waals surface area contributed by atoms with Gasteiger partial charge in [0.15, 0.2) is 0 Å². The van der Waals surface area contributed by atoms with Crippen LogP contribution in [0.15, 0.2) is 0 Å². The van der Waals surface area contributed by atoms with Crippen molar-refractivity contribution in [2.24, 2.45) is 11.8 Å². The molecule has 2 aliphatic carbocycles. The molecule has 0 spiro atoms. The Kier molecular flexibility index (Phi) is 3.35. The van der Waals surface area contributed by atoms with Crippen LogP contribution in [-0.4, -0.2) is 7.85 Å². The summed E-state index contributed by atoms with van der Waals surface area (Å²) >= 11 is 0. The van der Waals surface area contributed by atoms with Crippen LogP contribution in [0.3, 0.4) is 0 Å². The first kappa shape index (κ1) is 9.61. The molecule has 0 aliphatic heterocycles. The standard InChI is InChI=1S/C12H21B/c13-12-8-6-11(7-9-12)10-4-2-1-3-5-10/h10-12H,1-9H2/q-1. The summed E-state index contributed by atoms with van der Waals surface area (Å²) in [6.07, 6.45) is 12.9. The summed E-state index contributed by atoms with van der Waals surface area (Å²) in [5, 5.41) is 0. The fourth-order valence-electron chi connectivity index (χ4n) is 3.22. The second-order valence-corrected chi connectivity index (χ2v) is 5.07. The smallest absolute Gasteiger partial charge is 0.0386 e. The molecule has 0 unspecified atom stereocenters. The Hall–Kier alpha value is 0.0649. The molecular weight excluding hydrogens is 155 g/mol. The highest BCUT2D eigenvalue weighted by molar-refractivity contribution is 6.11. The van der Waals surface area contributed by atoms with Crippen molar-refractivity contribution in [2.45, 2.75) is 63.6 Å². The van der Waals surface area contributed by atoms with E-state index in [1.165, 1.54) is 57.8 Å². The Morgan fingerprint density at radius 1 is 0.615 bits per heavy atom. The minimum atomic E-state index is 0.528. The van der Waals surface area contributed by atoms with Gasteiger partial charge in [-0.2, -0.15) is 0 Å². The van der Waals surface area contributed by atoms with E-state index in [0.29, 0.717) is 5.82 Å². The lowest BCUT2D eigenvalue weighted by Gasteiger charge is -2.39. The quantitative estimate of drug-likeness (QED) is 0.534. The van der Waals surface area contributed by atoms with Gasteiger partial charge >= 0.3 is 0 Å². The van der Waals surface area contributed by atoms with Crippen molar-refractivity contribution in [1.29, 1.82) is 0 Å². The van der Waals surface area contributed by atoms with E-state index >= 15 is 0 Å². The average molecular weight is 176 g/mol. The molecular formula is C12H21B-. The van der Waals surface area contributed by atoms with Crippen LogP contribution in [0.5, 0.6) is 0 Å². The van der Waals surface area contributed by atoms with E-state index in [2.05, 4.69) is 0 Å². The zero-order valence-corrected chi connectivity index (χ0v) is 8.67. The van der Waals surface area contributed by atoms with Crippen molar-refractivity contribution in [2.75, 3.05) is 0 Å². The Labute approximate surface area is 83.9 Å². The molecule has 0 N–H and O–H groups in total. The molecule has 0 nitrogen and oxygen atoms in total. The molecule has 0 amide bonds. The van der Waals surface area contributed by atoms with Crippen LogP contribution in [-0.2, 0) is 0 Å². The molecule has 0 atom stereocenters. The Balaban J connectivity index is 1.79. The third-order valence-electron chi connectivity index (χ3n) is 4.13. The number of rotatable bonds is 1. The second kappa shape index (κ2) is 4.53. The average Bonchev–Trinajstić information content (AvgIpc) is 2.20. The highest BCUT2D eigenvalue weighted by Gasteiger charge is 2.24. The highest BCUT2D eigenvalue weighted by Crippen LogP contribution is 2.40. The van der Waals surface area contributed by atoms with Crippen molar-refractivity contribution >= 4 is 7.85 Å². The summed E-state index contributed by atoms with van der Waals surface area (Å²) in [5.74, 6) is 2.64. The van der Waals surface area contributed by atoms with Crippen molar-refractivity contribution < 1.29 is 0 Å². The van der Waals surface area contributed by atoms with E-state index in [0.717, 1.165) is 11.8 Å². The van der Waals surface area contributed by atoms with Crippen molar-refractivity contribution in [1.82, 2.24) is 0 Å². The van der Waals surface area contributed by atoms with Crippen molar-refractivity contribution in [3.63, 3.8) is 0 Å². The molecule has 3 radical (unpaired) electrons. The summed E-state index contributed by atoms with van der Waals surface area (Å²) in [6.45, 7) is 0. The van der Waals surface area contributed by atoms with Crippen LogP contribution >= 0.6 is 0 Å². The molecule has 13 heavy (non-hydrogen) atoms. The fraction of sp³-hybridized carbons (Fsp3) is 1.00. The first-order chi connectivity index (χ1) is 6.36. The van der Waals surface area contributed by atoms with Crippen LogP contribution in [0.1, 0.15) is 57.8 Å². The van der Waals surface area contributed by atoms with E-state index in [1.807, 2.05) is 0 Å². The van der Waals surface area contributed by atoms with Gasteiger partial charge in [-0.3, -0.25) is 5.82 Å². The minimum Gasteiger partial charge on any atom is -0.622 e. The second-order valence-electron chi connectivity index (χ2n) is 5.07. The van der Waals surface area contributed by atoms with Gasteiger partial charge in [-0.05, 0) is 11.8 Å². The largest absolute Gasteiger partial charge is 0.622 e. The maximum absolute atomic E-state index is 5.93.